The molecule has 1 saturated heterocycles. The fourth-order valence-corrected chi connectivity index (χ4v) is 3.20. The van der Waals surface area contributed by atoms with E-state index in [2.05, 4.69) is 10.3 Å². The Kier molecular flexibility index (Phi) is 4.22. The largest absolute Gasteiger partial charge is 0.480 e. The zero-order valence-electron chi connectivity index (χ0n) is 11.5. The molecule has 1 aliphatic rings. The fraction of sp³-hybridized carbons (Fsp3) is 0.583. The van der Waals surface area contributed by atoms with Crippen LogP contribution in [0, 0.1) is 6.92 Å². The molecule has 0 aliphatic carbocycles. The number of amides is 2. The number of aliphatic carboxylic acids is 1. The summed E-state index contributed by atoms with van der Waals surface area (Å²) in [6.07, 6.45) is 1.58. The van der Waals surface area contributed by atoms with Crippen LogP contribution in [0.15, 0.2) is 10.6 Å². The van der Waals surface area contributed by atoms with E-state index in [1.807, 2.05) is 6.92 Å². The highest BCUT2D eigenvalue weighted by Gasteiger charge is 2.40. The van der Waals surface area contributed by atoms with Gasteiger partial charge in [0.05, 0.1) is 11.6 Å². The zero-order valence-corrected chi connectivity index (χ0v) is 12.3. The maximum Gasteiger partial charge on any atom is 0.327 e. The van der Waals surface area contributed by atoms with Gasteiger partial charge in [-0.3, -0.25) is 4.90 Å². The first kappa shape index (κ1) is 14.7. The van der Waals surface area contributed by atoms with Crippen molar-refractivity contribution < 1.29 is 19.1 Å². The molecule has 1 aromatic heterocycles. The third-order valence-electron chi connectivity index (χ3n) is 3.09. The summed E-state index contributed by atoms with van der Waals surface area (Å²) in [4.78, 5) is 28.8. The molecule has 0 radical (unpaired) electrons. The summed E-state index contributed by atoms with van der Waals surface area (Å²) in [5.74, 6) is 0.476. The highest BCUT2D eigenvalue weighted by atomic mass is 32.2. The number of hydrogen-bond donors (Lipinski definition) is 2. The molecule has 3 unspecified atom stereocenters. The highest BCUT2D eigenvalue weighted by Crippen LogP contribution is 2.29. The number of nitrogens with one attached hydrogen (secondary N) is 1. The maximum absolute atomic E-state index is 12.2. The van der Waals surface area contributed by atoms with Crippen molar-refractivity contribution >= 4 is 23.8 Å². The first-order chi connectivity index (χ1) is 9.40. The van der Waals surface area contributed by atoms with Gasteiger partial charge < -0.3 is 14.8 Å². The summed E-state index contributed by atoms with van der Waals surface area (Å²) in [6.45, 7) is 5.32. The molecule has 110 valence electrons. The molecular weight excluding hydrogens is 282 g/mol. The lowest BCUT2D eigenvalue weighted by atomic mass is 10.3. The Morgan fingerprint density at radius 3 is 2.90 bits per heavy atom. The topological polar surface area (TPSA) is 95.7 Å². The van der Waals surface area contributed by atoms with E-state index in [0.717, 1.165) is 0 Å². The van der Waals surface area contributed by atoms with E-state index in [-0.39, 0.29) is 5.37 Å². The van der Waals surface area contributed by atoms with Crippen LogP contribution in [0.5, 0.6) is 0 Å². The molecule has 3 atom stereocenters. The van der Waals surface area contributed by atoms with E-state index in [4.69, 9.17) is 9.52 Å². The number of carbonyl (C=O) groups is 2. The minimum Gasteiger partial charge on any atom is -0.480 e. The Balaban J connectivity index is 2.05. The van der Waals surface area contributed by atoms with Crippen LogP contribution < -0.4 is 5.32 Å². The molecule has 0 aromatic carbocycles. The number of carbonyl (C=O) groups excluding carboxylic acids is 1. The molecular formula is C12H17N3O4S. The number of urea groups is 1. The predicted octanol–water partition coefficient (Wildman–Crippen LogP) is 1.60. The first-order valence-corrected chi connectivity index (χ1v) is 7.30. The van der Waals surface area contributed by atoms with Crippen LogP contribution in [0.1, 0.15) is 31.5 Å². The number of aromatic nitrogens is 1. The summed E-state index contributed by atoms with van der Waals surface area (Å²) in [5, 5.41) is 11.7. The van der Waals surface area contributed by atoms with E-state index in [1.54, 1.807) is 20.0 Å². The quantitative estimate of drug-likeness (QED) is 0.880. The molecule has 0 spiro atoms. The van der Waals surface area contributed by atoms with Crippen LogP contribution in [-0.2, 0) is 4.79 Å². The van der Waals surface area contributed by atoms with Gasteiger partial charge in [-0.1, -0.05) is 0 Å². The van der Waals surface area contributed by atoms with Gasteiger partial charge in [0.1, 0.15) is 17.8 Å². The summed E-state index contributed by atoms with van der Waals surface area (Å²) in [7, 11) is 0. The number of thioether (sulfide) groups is 1. The van der Waals surface area contributed by atoms with Crippen LogP contribution in [-0.4, -0.2) is 44.2 Å². The summed E-state index contributed by atoms with van der Waals surface area (Å²) in [6, 6.07) is -1.63. The lowest BCUT2D eigenvalue weighted by Crippen LogP contribution is -2.50. The van der Waals surface area contributed by atoms with E-state index < -0.39 is 24.1 Å². The molecule has 2 heterocycles. The van der Waals surface area contributed by atoms with Gasteiger partial charge in [0.15, 0.2) is 0 Å². The lowest BCUT2D eigenvalue weighted by Gasteiger charge is -2.26. The number of oxazole rings is 1. The van der Waals surface area contributed by atoms with Gasteiger partial charge in [-0.15, -0.1) is 11.8 Å². The summed E-state index contributed by atoms with van der Waals surface area (Å²) in [5.41, 5.74) is 0. The standard InChI is InChI=1S/C12H17N3O4S/c1-6-4-13-10(19-6)7(2)14-12(18)15-8(3)20-5-9(15)11(16)17/h4,7-9H,5H2,1-3H3,(H,14,18)(H,16,17). The molecule has 1 aliphatic heterocycles. The molecule has 20 heavy (non-hydrogen) atoms. The zero-order chi connectivity index (χ0) is 14.9. The van der Waals surface area contributed by atoms with Crippen LogP contribution in [0.2, 0.25) is 0 Å². The van der Waals surface area contributed by atoms with Gasteiger partial charge in [0.25, 0.3) is 0 Å². The second kappa shape index (κ2) is 5.74. The molecule has 1 aromatic rings. The molecule has 7 nitrogen and oxygen atoms in total. The van der Waals surface area contributed by atoms with Crippen molar-refractivity contribution in [3.63, 3.8) is 0 Å². The van der Waals surface area contributed by atoms with Gasteiger partial charge in [-0.05, 0) is 20.8 Å². The SMILES string of the molecule is Cc1cnc(C(C)NC(=O)N2C(C)SCC2C(=O)O)o1. The molecule has 2 amide bonds. The molecule has 0 bridgehead atoms. The molecule has 2 N–H and O–H groups in total. The van der Waals surface area contributed by atoms with Crippen molar-refractivity contribution in [1.82, 2.24) is 15.2 Å². The molecule has 2 rings (SSSR count). The number of nitrogens with zero attached hydrogens (tertiary/aromatic N) is 2. The van der Waals surface area contributed by atoms with E-state index in [1.165, 1.54) is 16.7 Å². The van der Waals surface area contributed by atoms with Gasteiger partial charge in [-0.2, -0.15) is 0 Å². The van der Waals surface area contributed by atoms with E-state index in [9.17, 15) is 9.59 Å². The number of aryl methyl sites for hydroxylation is 1. The Morgan fingerprint density at radius 2 is 2.35 bits per heavy atom. The van der Waals surface area contributed by atoms with Crippen LogP contribution in [0.25, 0.3) is 0 Å². The van der Waals surface area contributed by atoms with Crippen molar-refractivity contribution in [2.24, 2.45) is 0 Å². The number of hydrogen-bond acceptors (Lipinski definition) is 5. The van der Waals surface area contributed by atoms with E-state index >= 15 is 0 Å². The molecule has 1 fully saturated rings. The number of carboxylic acid groups (broad SMARTS) is 1. The average molecular weight is 299 g/mol. The number of rotatable bonds is 3. The fourth-order valence-electron chi connectivity index (χ4n) is 2.04. The third kappa shape index (κ3) is 2.90. The minimum absolute atomic E-state index is 0.172. The second-order valence-corrected chi connectivity index (χ2v) is 6.02. The third-order valence-corrected chi connectivity index (χ3v) is 4.31. The monoisotopic (exact) mass is 299 g/mol. The van der Waals surface area contributed by atoms with Crippen molar-refractivity contribution in [2.45, 2.75) is 38.2 Å². The average Bonchev–Trinajstić information content (AvgIpc) is 2.95. The Morgan fingerprint density at radius 1 is 1.65 bits per heavy atom. The Hall–Kier alpha value is -1.70. The van der Waals surface area contributed by atoms with Crippen LogP contribution in [0.4, 0.5) is 4.79 Å². The lowest BCUT2D eigenvalue weighted by molar-refractivity contribution is -0.141. The van der Waals surface area contributed by atoms with Crippen molar-refractivity contribution in [2.75, 3.05) is 5.75 Å². The normalized spacial score (nSPS) is 23.6. The van der Waals surface area contributed by atoms with E-state index in [0.29, 0.717) is 17.4 Å². The maximum atomic E-state index is 12.2. The number of carboxylic acids is 1. The second-order valence-electron chi connectivity index (χ2n) is 4.67. The Labute approximate surface area is 120 Å². The predicted molar refractivity (Wildman–Crippen MR) is 73.4 cm³/mol. The summed E-state index contributed by atoms with van der Waals surface area (Å²) >= 11 is 1.44. The molecule has 8 heteroatoms. The first-order valence-electron chi connectivity index (χ1n) is 6.25. The van der Waals surface area contributed by atoms with Gasteiger partial charge in [0.2, 0.25) is 5.89 Å². The van der Waals surface area contributed by atoms with Crippen LogP contribution in [0.3, 0.4) is 0 Å². The molecule has 0 saturated carbocycles. The van der Waals surface area contributed by atoms with Gasteiger partial charge in [0, 0.05) is 5.75 Å². The van der Waals surface area contributed by atoms with Crippen LogP contribution >= 0.6 is 11.8 Å². The Bertz CT molecular complexity index is 519. The van der Waals surface area contributed by atoms with Crippen molar-refractivity contribution in [3.8, 4) is 0 Å². The highest BCUT2D eigenvalue weighted by molar-refractivity contribution is 8.00. The summed E-state index contributed by atoms with van der Waals surface area (Å²) < 4.78 is 5.34. The van der Waals surface area contributed by atoms with Gasteiger partial charge in [-0.25, -0.2) is 14.6 Å². The smallest absolute Gasteiger partial charge is 0.327 e. The van der Waals surface area contributed by atoms with Crippen molar-refractivity contribution in [1.29, 1.82) is 0 Å². The minimum atomic E-state index is -0.989. The van der Waals surface area contributed by atoms with Gasteiger partial charge >= 0.3 is 12.0 Å². The van der Waals surface area contributed by atoms with Crippen molar-refractivity contribution in [3.05, 3.63) is 17.8 Å².